The fraction of sp³-hybridized carbons (Fsp3) is 0.238. The third-order valence-electron chi connectivity index (χ3n) is 4.82. The van der Waals surface area contributed by atoms with Crippen molar-refractivity contribution in [3.63, 3.8) is 0 Å². The molecule has 154 valence electrons. The van der Waals surface area contributed by atoms with E-state index in [2.05, 4.69) is 15.5 Å². The van der Waals surface area contributed by atoms with Gasteiger partial charge >= 0.3 is 0 Å². The maximum Gasteiger partial charge on any atom is 0.251 e. The largest absolute Gasteiger partial charge is 0.494 e. The predicted octanol–water partition coefficient (Wildman–Crippen LogP) is 2.75. The fourth-order valence-corrected chi connectivity index (χ4v) is 3.68. The lowest BCUT2D eigenvalue weighted by molar-refractivity contribution is -0.121. The first-order chi connectivity index (χ1) is 14.6. The van der Waals surface area contributed by atoms with Crippen LogP contribution in [0.1, 0.15) is 19.2 Å². The molecule has 4 rings (SSSR count). The van der Waals surface area contributed by atoms with Crippen LogP contribution in [0.25, 0.3) is 5.69 Å². The molecule has 0 saturated carbocycles. The van der Waals surface area contributed by atoms with Gasteiger partial charge in [-0.2, -0.15) is 5.10 Å². The molecule has 8 nitrogen and oxygen atoms in total. The molecule has 3 aromatic rings. The summed E-state index contributed by atoms with van der Waals surface area (Å²) in [7, 11) is 0. The molecule has 2 amide bonds. The number of para-hydroxylation sites is 1. The highest BCUT2D eigenvalue weighted by molar-refractivity contribution is 7.71. The van der Waals surface area contributed by atoms with E-state index in [4.69, 9.17) is 17.0 Å². The second-order valence-electron chi connectivity index (χ2n) is 6.75. The van der Waals surface area contributed by atoms with Crippen LogP contribution in [-0.4, -0.2) is 39.2 Å². The number of hydrogen-bond acceptors (Lipinski definition) is 6. The van der Waals surface area contributed by atoms with Crippen LogP contribution in [0.5, 0.6) is 5.75 Å². The van der Waals surface area contributed by atoms with E-state index >= 15 is 0 Å². The molecule has 0 aliphatic carbocycles. The number of imide groups is 1. The Morgan fingerprint density at radius 2 is 1.87 bits per heavy atom. The van der Waals surface area contributed by atoms with Crippen LogP contribution in [0.15, 0.2) is 54.6 Å². The summed E-state index contributed by atoms with van der Waals surface area (Å²) in [6, 6.07) is 15.9. The number of amides is 2. The number of aromatic amines is 1. The number of nitrogens with one attached hydrogen (secondary N) is 2. The van der Waals surface area contributed by atoms with Crippen molar-refractivity contribution in [2.24, 2.45) is 0 Å². The Morgan fingerprint density at radius 3 is 2.57 bits per heavy atom. The van der Waals surface area contributed by atoms with Gasteiger partial charge < -0.3 is 4.74 Å². The van der Waals surface area contributed by atoms with Crippen molar-refractivity contribution in [3.05, 3.63) is 65.2 Å². The maximum absolute atomic E-state index is 12.9. The molecule has 9 heteroatoms. The number of aromatic nitrogens is 3. The number of H-pyrrole nitrogens is 1. The number of rotatable bonds is 7. The van der Waals surface area contributed by atoms with Crippen LogP contribution >= 0.6 is 12.2 Å². The van der Waals surface area contributed by atoms with Crippen molar-refractivity contribution < 1.29 is 14.3 Å². The van der Waals surface area contributed by atoms with Gasteiger partial charge in [0.05, 0.1) is 31.3 Å². The van der Waals surface area contributed by atoms with Gasteiger partial charge in [0.15, 0.2) is 4.77 Å². The van der Waals surface area contributed by atoms with Crippen molar-refractivity contribution in [1.82, 2.24) is 20.1 Å². The van der Waals surface area contributed by atoms with Gasteiger partial charge in [-0.05, 0) is 55.5 Å². The van der Waals surface area contributed by atoms with Gasteiger partial charge in [-0.15, -0.1) is 0 Å². The Kier molecular flexibility index (Phi) is 5.73. The summed E-state index contributed by atoms with van der Waals surface area (Å²) in [5.74, 6) is 0.790. The molecular formula is C21H21N5O3S. The minimum Gasteiger partial charge on any atom is -0.494 e. The molecule has 1 aliphatic heterocycles. The Balaban J connectivity index is 1.48. The zero-order valence-corrected chi connectivity index (χ0v) is 17.2. The molecule has 30 heavy (non-hydrogen) atoms. The highest BCUT2D eigenvalue weighted by Gasteiger charge is 2.39. The number of nitrogens with zero attached hydrogens (tertiary/aromatic N) is 3. The molecule has 0 spiro atoms. The number of carbonyl (C=O) groups excluding carboxylic acids is 2. The van der Waals surface area contributed by atoms with Crippen LogP contribution in [0.2, 0.25) is 0 Å². The zero-order chi connectivity index (χ0) is 21.1. The van der Waals surface area contributed by atoms with Gasteiger partial charge in [0.1, 0.15) is 11.6 Å². The van der Waals surface area contributed by atoms with Crippen LogP contribution in [0, 0.1) is 4.77 Å². The van der Waals surface area contributed by atoms with E-state index in [1.807, 2.05) is 37.3 Å². The summed E-state index contributed by atoms with van der Waals surface area (Å²) in [5.41, 5.74) is 1.41. The van der Waals surface area contributed by atoms with Gasteiger partial charge in [-0.3, -0.25) is 24.6 Å². The van der Waals surface area contributed by atoms with E-state index in [-0.39, 0.29) is 24.8 Å². The Morgan fingerprint density at radius 1 is 1.13 bits per heavy atom. The first-order valence-corrected chi connectivity index (χ1v) is 10.0. The molecule has 1 unspecified atom stereocenters. The molecule has 1 fully saturated rings. The minimum absolute atomic E-state index is 0.0858. The van der Waals surface area contributed by atoms with Gasteiger partial charge in [0.2, 0.25) is 5.91 Å². The lowest BCUT2D eigenvalue weighted by Crippen LogP contribution is -2.39. The number of benzene rings is 2. The van der Waals surface area contributed by atoms with Crippen LogP contribution in [0.3, 0.4) is 0 Å². The second-order valence-corrected chi connectivity index (χ2v) is 7.13. The quantitative estimate of drug-likeness (QED) is 0.448. The maximum atomic E-state index is 12.9. The van der Waals surface area contributed by atoms with Crippen molar-refractivity contribution in [2.45, 2.75) is 25.9 Å². The van der Waals surface area contributed by atoms with Gasteiger partial charge in [0, 0.05) is 5.69 Å². The van der Waals surface area contributed by atoms with Gasteiger partial charge in [-0.1, -0.05) is 18.2 Å². The number of ether oxygens (including phenoxy) is 1. The molecule has 2 heterocycles. The average molecular weight is 423 g/mol. The van der Waals surface area contributed by atoms with Crippen LogP contribution in [0.4, 0.5) is 5.69 Å². The molecular weight excluding hydrogens is 402 g/mol. The van der Waals surface area contributed by atoms with E-state index < -0.39 is 6.04 Å². The lowest BCUT2D eigenvalue weighted by Gasteiger charge is -2.16. The highest BCUT2D eigenvalue weighted by atomic mass is 32.1. The molecule has 2 aromatic carbocycles. The third-order valence-corrected chi connectivity index (χ3v) is 5.09. The topological polar surface area (TPSA) is 92.2 Å². The number of anilines is 1. The molecule has 1 atom stereocenters. The zero-order valence-electron chi connectivity index (χ0n) is 16.4. The molecule has 1 saturated heterocycles. The standard InChI is InChI=1S/C21H21N5O3S/c1-2-29-16-10-8-15(9-11-16)26-19(27)12-17(20(26)28)22-13-18-23-24-21(30)25(18)14-6-4-3-5-7-14/h3-11,17,22H,2,12-13H2,1H3,(H,24,30). The second kappa shape index (κ2) is 8.60. The molecule has 2 N–H and O–H groups in total. The van der Waals surface area contributed by atoms with E-state index in [0.29, 0.717) is 28.6 Å². The summed E-state index contributed by atoms with van der Waals surface area (Å²) in [4.78, 5) is 26.6. The summed E-state index contributed by atoms with van der Waals surface area (Å²) in [6.07, 6.45) is 0.0858. The molecule has 0 radical (unpaired) electrons. The Labute approximate surface area is 178 Å². The van der Waals surface area contributed by atoms with Gasteiger partial charge in [-0.25, -0.2) is 4.90 Å². The Bertz CT molecular complexity index is 1110. The number of carbonyl (C=O) groups is 2. The summed E-state index contributed by atoms with van der Waals surface area (Å²) in [5, 5.41) is 10.2. The van der Waals surface area contributed by atoms with Crippen LogP contribution in [-0.2, 0) is 16.1 Å². The number of hydrogen-bond donors (Lipinski definition) is 2. The van der Waals surface area contributed by atoms with Gasteiger partial charge in [0.25, 0.3) is 5.91 Å². The fourth-order valence-electron chi connectivity index (χ4n) is 3.43. The average Bonchev–Trinajstić information content (AvgIpc) is 3.26. The minimum atomic E-state index is -0.626. The summed E-state index contributed by atoms with van der Waals surface area (Å²) >= 11 is 5.34. The smallest absolute Gasteiger partial charge is 0.251 e. The summed E-state index contributed by atoms with van der Waals surface area (Å²) in [6.45, 7) is 2.73. The van der Waals surface area contributed by atoms with Crippen molar-refractivity contribution in [3.8, 4) is 11.4 Å². The van der Waals surface area contributed by atoms with E-state index in [1.54, 1.807) is 28.8 Å². The predicted molar refractivity (Wildman–Crippen MR) is 114 cm³/mol. The van der Waals surface area contributed by atoms with E-state index in [1.165, 1.54) is 4.90 Å². The Hall–Kier alpha value is -3.30. The molecule has 1 aromatic heterocycles. The normalized spacial score (nSPS) is 16.3. The first kappa shape index (κ1) is 20.0. The van der Waals surface area contributed by atoms with Crippen molar-refractivity contribution in [2.75, 3.05) is 11.5 Å². The van der Waals surface area contributed by atoms with E-state index in [0.717, 1.165) is 5.69 Å². The van der Waals surface area contributed by atoms with Crippen LogP contribution < -0.4 is 15.0 Å². The first-order valence-electron chi connectivity index (χ1n) is 9.63. The van der Waals surface area contributed by atoms with Crippen molar-refractivity contribution >= 4 is 29.7 Å². The third kappa shape index (κ3) is 3.89. The molecule has 0 bridgehead atoms. The lowest BCUT2D eigenvalue weighted by atomic mass is 10.2. The monoisotopic (exact) mass is 423 g/mol. The molecule has 1 aliphatic rings. The summed E-state index contributed by atoms with van der Waals surface area (Å²) < 4.78 is 7.67. The van der Waals surface area contributed by atoms with E-state index in [9.17, 15) is 9.59 Å². The SMILES string of the molecule is CCOc1ccc(N2C(=O)CC(NCc3n[nH]c(=S)n3-c3ccccc3)C2=O)cc1. The highest BCUT2D eigenvalue weighted by Crippen LogP contribution is 2.25. The van der Waals surface area contributed by atoms with Crippen molar-refractivity contribution in [1.29, 1.82) is 0 Å².